The van der Waals surface area contributed by atoms with Gasteiger partial charge in [-0.1, -0.05) is 18.6 Å². The number of aliphatic hydroxyl groups is 1. The second kappa shape index (κ2) is 7.99. The fraction of sp³-hybridized carbons (Fsp3) is 0.632. The summed E-state index contributed by atoms with van der Waals surface area (Å²) in [6.07, 6.45) is 5.20. The molecule has 1 aromatic carbocycles. The van der Waals surface area contributed by atoms with Crippen LogP contribution in [0.15, 0.2) is 24.3 Å². The number of ether oxygens (including phenoxy) is 1. The van der Waals surface area contributed by atoms with Crippen molar-refractivity contribution in [1.29, 1.82) is 0 Å². The van der Waals surface area contributed by atoms with Gasteiger partial charge in [0.15, 0.2) is 0 Å². The van der Waals surface area contributed by atoms with Crippen LogP contribution >= 0.6 is 0 Å². The summed E-state index contributed by atoms with van der Waals surface area (Å²) in [5.74, 6) is 0.954. The summed E-state index contributed by atoms with van der Waals surface area (Å²) < 4.78 is 5.70. The largest absolute Gasteiger partial charge is 0.393 e. The molecule has 0 bridgehead atoms. The third-order valence-corrected chi connectivity index (χ3v) is 4.97. The number of nitrogens with zero attached hydrogens (tertiary/aromatic N) is 1. The first-order chi connectivity index (χ1) is 11.6. The lowest BCUT2D eigenvalue weighted by Crippen LogP contribution is -2.37. The number of carbonyl (C=O) groups is 1. The lowest BCUT2D eigenvalue weighted by Gasteiger charge is -2.23. The van der Waals surface area contributed by atoms with E-state index in [2.05, 4.69) is 5.32 Å². The van der Waals surface area contributed by atoms with Gasteiger partial charge in [-0.15, -0.1) is 0 Å². The lowest BCUT2D eigenvalue weighted by molar-refractivity contribution is 0.111. The van der Waals surface area contributed by atoms with Crippen LogP contribution in [-0.2, 0) is 11.3 Å². The molecular weight excluding hydrogens is 304 g/mol. The maximum Gasteiger partial charge on any atom is 0.321 e. The summed E-state index contributed by atoms with van der Waals surface area (Å²) >= 11 is 0. The van der Waals surface area contributed by atoms with Crippen LogP contribution in [0, 0.1) is 11.8 Å². The molecule has 0 radical (unpaired) electrons. The molecule has 3 rings (SSSR count). The number of benzene rings is 1. The Hall–Kier alpha value is -1.59. The van der Waals surface area contributed by atoms with Crippen LogP contribution in [0.2, 0.25) is 0 Å². The van der Waals surface area contributed by atoms with E-state index in [0.29, 0.717) is 13.2 Å². The molecule has 2 saturated carbocycles. The quantitative estimate of drug-likeness (QED) is 0.806. The molecule has 132 valence electrons. The fourth-order valence-electron chi connectivity index (χ4n) is 3.25. The van der Waals surface area contributed by atoms with Gasteiger partial charge in [0.2, 0.25) is 0 Å². The number of hydrogen-bond donors (Lipinski definition) is 2. The molecule has 24 heavy (non-hydrogen) atoms. The van der Waals surface area contributed by atoms with Crippen LogP contribution in [-0.4, -0.2) is 42.3 Å². The molecule has 2 amide bonds. The molecule has 5 heteroatoms. The summed E-state index contributed by atoms with van der Waals surface area (Å²) in [6, 6.07) is 7.67. The molecule has 0 spiro atoms. The van der Waals surface area contributed by atoms with Gasteiger partial charge in [-0.25, -0.2) is 4.79 Å². The fourth-order valence-corrected chi connectivity index (χ4v) is 3.25. The standard InChI is InChI=1S/C19H28N2O3/c1-21(11-16-5-3-7-18(16)22)19(23)20-17-6-2-4-15(10-17)13-24-12-14-8-9-14/h2,4,6,10,14,16,18,22H,3,5,7-9,11-13H2,1H3,(H,20,23). The minimum atomic E-state index is -0.271. The number of amides is 2. The van der Waals surface area contributed by atoms with Crippen LogP contribution in [0.3, 0.4) is 0 Å². The number of hydrogen-bond acceptors (Lipinski definition) is 3. The number of carbonyl (C=O) groups excluding carboxylic acids is 1. The number of rotatable bonds is 7. The minimum absolute atomic E-state index is 0.134. The zero-order chi connectivity index (χ0) is 16.9. The third kappa shape index (κ3) is 4.95. The molecule has 2 unspecified atom stereocenters. The first kappa shape index (κ1) is 17.2. The van der Waals surface area contributed by atoms with Crippen LogP contribution < -0.4 is 5.32 Å². The predicted octanol–water partition coefficient (Wildman–Crippen LogP) is 3.24. The Morgan fingerprint density at radius 1 is 1.33 bits per heavy atom. The highest BCUT2D eigenvalue weighted by Gasteiger charge is 2.27. The van der Waals surface area contributed by atoms with Gasteiger partial charge in [-0.2, -0.15) is 0 Å². The number of anilines is 1. The highest BCUT2D eigenvalue weighted by Crippen LogP contribution is 2.29. The van der Waals surface area contributed by atoms with Gasteiger partial charge >= 0.3 is 6.03 Å². The van der Waals surface area contributed by atoms with Gasteiger partial charge in [0.1, 0.15) is 0 Å². The molecule has 1 aromatic rings. The summed E-state index contributed by atoms with van der Waals surface area (Å²) in [6.45, 7) is 2.02. The van der Waals surface area contributed by atoms with Crippen LogP contribution in [0.25, 0.3) is 0 Å². The van der Waals surface area contributed by atoms with Crippen molar-refractivity contribution < 1.29 is 14.6 Å². The zero-order valence-corrected chi connectivity index (χ0v) is 14.4. The number of urea groups is 1. The molecule has 0 aliphatic heterocycles. The maximum absolute atomic E-state index is 12.3. The highest BCUT2D eigenvalue weighted by molar-refractivity contribution is 5.89. The number of aliphatic hydroxyl groups excluding tert-OH is 1. The van der Waals surface area contributed by atoms with Crippen molar-refractivity contribution in [2.45, 2.75) is 44.8 Å². The smallest absolute Gasteiger partial charge is 0.321 e. The first-order valence-electron chi connectivity index (χ1n) is 8.98. The van der Waals surface area contributed by atoms with E-state index in [9.17, 15) is 9.90 Å². The van der Waals surface area contributed by atoms with Crippen molar-refractivity contribution in [3.8, 4) is 0 Å². The van der Waals surface area contributed by atoms with Gasteiger partial charge in [-0.3, -0.25) is 0 Å². The summed E-state index contributed by atoms with van der Waals surface area (Å²) in [7, 11) is 1.78. The minimum Gasteiger partial charge on any atom is -0.393 e. The van der Waals surface area contributed by atoms with Gasteiger partial charge in [0, 0.05) is 31.8 Å². The average molecular weight is 332 g/mol. The van der Waals surface area contributed by atoms with Gasteiger partial charge in [-0.05, 0) is 49.3 Å². The Morgan fingerprint density at radius 2 is 2.17 bits per heavy atom. The average Bonchev–Trinajstić information content (AvgIpc) is 3.30. The van der Waals surface area contributed by atoms with Crippen LogP contribution in [0.4, 0.5) is 10.5 Å². The Balaban J connectivity index is 1.47. The second-order valence-electron chi connectivity index (χ2n) is 7.23. The monoisotopic (exact) mass is 332 g/mol. The van der Waals surface area contributed by atoms with Crippen molar-refractivity contribution in [3.63, 3.8) is 0 Å². The van der Waals surface area contributed by atoms with E-state index in [0.717, 1.165) is 43.0 Å². The normalized spacial score (nSPS) is 23.2. The van der Waals surface area contributed by atoms with Crippen molar-refractivity contribution in [2.75, 3.05) is 25.5 Å². The molecular formula is C19H28N2O3. The van der Waals surface area contributed by atoms with Crippen LogP contribution in [0.1, 0.15) is 37.7 Å². The Labute approximate surface area is 144 Å². The molecule has 0 saturated heterocycles. The Morgan fingerprint density at radius 3 is 2.88 bits per heavy atom. The SMILES string of the molecule is CN(CC1CCCC1O)C(=O)Nc1cccc(COCC2CC2)c1. The zero-order valence-electron chi connectivity index (χ0n) is 14.4. The van der Waals surface area contributed by atoms with E-state index in [4.69, 9.17) is 4.74 Å². The van der Waals surface area contributed by atoms with Gasteiger partial charge in [0.25, 0.3) is 0 Å². The van der Waals surface area contributed by atoms with E-state index in [1.54, 1.807) is 11.9 Å². The molecule has 2 aliphatic carbocycles. The third-order valence-electron chi connectivity index (χ3n) is 4.97. The van der Waals surface area contributed by atoms with Gasteiger partial charge in [0.05, 0.1) is 12.7 Å². The molecule has 2 fully saturated rings. The van der Waals surface area contributed by atoms with Crippen molar-refractivity contribution in [3.05, 3.63) is 29.8 Å². The molecule has 2 N–H and O–H groups in total. The van der Waals surface area contributed by atoms with Crippen LogP contribution in [0.5, 0.6) is 0 Å². The highest BCUT2D eigenvalue weighted by atomic mass is 16.5. The maximum atomic E-state index is 12.3. The summed E-state index contributed by atoms with van der Waals surface area (Å²) in [5, 5.41) is 12.8. The van der Waals surface area contributed by atoms with Gasteiger partial charge < -0.3 is 20.1 Å². The summed E-state index contributed by atoms with van der Waals surface area (Å²) in [4.78, 5) is 14.0. The topological polar surface area (TPSA) is 61.8 Å². The molecule has 2 aliphatic rings. The molecule has 2 atom stereocenters. The van der Waals surface area contributed by atoms with E-state index >= 15 is 0 Å². The molecule has 0 aromatic heterocycles. The predicted molar refractivity (Wildman–Crippen MR) is 93.8 cm³/mol. The number of nitrogens with one attached hydrogen (secondary N) is 1. The van der Waals surface area contributed by atoms with E-state index in [-0.39, 0.29) is 18.1 Å². The molecule has 5 nitrogen and oxygen atoms in total. The second-order valence-corrected chi connectivity index (χ2v) is 7.23. The summed E-state index contributed by atoms with van der Waals surface area (Å²) in [5.41, 5.74) is 1.86. The van der Waals surface area contributed by atoms with E-state index in [1.165, 1.54) is 12.8 Å². The van der Waals surface area contributed by atoms with Crippen molar-refractivity contribution in [2.24, 2.45) is 11.8 Å². The Kier molecular flexibility index (Phi) is 5.74. The van der Waals surface area contributed by atoms with Crippen molar-refractivity contribution >= 4 is 11.7 Å². The van der Waals surface area contributed by atoms with E-state index < -0.39 is 0 Å². The molecule has 0 heterocycles. The Bertz CT molecular complexity index is 559. The lowest BCUT2D eigenvalue weighted by atomic mass is 10.1. The first-order valence-corrected chi connectivity index (χ1v) is 8.98. The van der Waals surface area contributed by atoms with Crippen molar-refractivity contribution in [1.82, 2.24) is 4.90 Å². The van der Waals surface area contributed by atoms with E-state index in [1.807, 2.05) is 24.3 Å².